The van der Waals surface area contributed by atoms with E-state index in [1.165, 1.54) is 0 Å². The zero-order chi connectivity index (χ0) is 28.5. The van der Waals surface area contributed by atoms with E-state index in [1.54, 1.807) is 24.7 Å². The first-order valence-electron chi connectivity index (χ1n) is 11.3. The highest BCUT2D eigenvalue weighted by atomic mass is 79.9. The number of anilines is 4. The van der Waals surface area contributed by atoms with E-state index < -0.39 is 12.1 Å². The van der Waals surface area contributed by atoms with Crippen molar-refractivity contribution < 1.29 is 27.8 Å². The Kier molecular flexibility index (Phi) is 8.91. The van der Waals surface area contributed by atoms with Crippen molar-refractivity contribution in [3.05, 3.63) is 95.9 Å². The summed E-state index contributed by atoms with van der Waals surface area (Å²) in [5, 5.41) is 20.5. The number of nitrogens with one attached hydrogen (secondary N) is 3. The maximum atomic E-state index is 10.6. The Labute approximate surface area is 233 Å². The minimum atomic E-state index is -5.08. The van der Waals surface area contributed by atoms with Gasteiger partial charge in [0.25, 0.3) is 0 Å². The molecule has 0 radical (unpaired) electrons. The molecule has 0 bridgehead atoms. The van der Waals surface area contributed by atoms with Crippen LogP contribution in [-0.2, 0) is 4.79 Å². The molecule has 5 rings (SSSR count). The molecule has 3 heterocycles. The molecule has 0 saturated heterocycles. The van der Waals surface area contributed by atoms with E-state index in [0.29, 0.717) is 17.6 Å². The summed E-state index contributed by atoms with van der Waals surface area (Å²) < 4.78 is 38.2. The van der Waals surface area contributed by atoms with Crippen molar-refractivity contribution in [2.24, 2.45) is 0 Å². The molecular weight excluding hydrogens is 595 g/mol. The Morgan fingerprint density at radius 1 is 0.900 bits per heavy atom. The summed E-state index contributed by atoms with van der Waals surface area (Å²) >= 11 is 3.49. The molecule has 0 spiro atoms. The minimum absolute atomic E-state index is 0.465. The van der Waals surface area contributed by atoms with Crippen LogP contribution in [0.1, 0.15) is 0 Å². The van der Waals surface area contributed by atoms with Crippen molar-refractivity contribution in [1.82, 2.24) is 25.1 Å². The highest BCUT2D eigenvalue weighted by Crippen LogP contribution is 2.27. The molecule has 0 amide bonds. The van der Waals surface area contributed by atoms with Gasteiger partial charge >= 0.3 is 12.1 Å². The third-order valence-electron chi connectivity index (χ3n) is 4.90. The Hall–Kier alpha value is -4.98. The largest absolute Gasteiger partial charge is 0.490 e. The van der Waals surface area contributed by atoms with Gasteiger partial charge in [-0.1, -0.05) is 30.3 Å². The molecule has 3 aromatic heterocycles. The van der Waals surface area contributed by atoms with Crippen molar-refractivity contribution in [1.29, 1.82) is 0 Å². The average molecular weight is 614 g/mol. The molecule has 204 valence electrons. The second kappa shape index (κ2) is 12.7. The smallest absolute Gasteiger partial charge is 0.475 e. The number of hydrogen-bond donors (Lipinski definition) is 4. The average Bonchev–Trinajstić information content (AvgIpc) is 3.48. The van der Waals surface area contributed by atoms with Crippen LogP contribution in [0.3, 0.4) is 0 Å². The number of aromatic amines is 1. The molecule has 0 aliphatic heterocycles. The van der Waals surface area contributed by atoms with Gasteiger partial charge in [0.05, 0.1) is 22.1 Å². The molecule has 0 aliphatic rings. The zero-order valence-corrected chi connectivity index (χ0v) is 21.8. The highest BCUT2D eigenvalue weighted by molar-refractivity contribution is 9.10. The predicted molar refractivity (Wildman–Crippen MR) is 145 cm³/mol. The number of carbonyl (C=O) groups is 1. The van der Waals surface area contributed by atoms with Crippen LogP contribution in [-0.4, -0.2) is 42.4 Å². The fraction of sp³-hybridized carbons (Fsp3) is 0.0385. The number of benzene rings is 2. The zero-order valence-electron chi connectivity index (χ0n) is 20.2. The van der Waals surface area contributed by atoms with Crippen molar-refractivity contribution in [3.63, 3.8) is 0 Å². The molecule has 14 heteroatoms. The summed E-state index contributed by atoms with van der Waals surface area (Å²) in [5.74, 6) is -0.438. The monoisotopic (exact) mass is 613 g/mol. The predicted octanol–water partition coefficient (Wildman–Crippen LogP) is 6.94. The highest BCUT2D eigenvalue weighted by Gasteiger charge is 2.38. The van der Waals surface area contributed by atoms with Gasteiger partial charge < -0.3 is 20.5 Å². The molecular formula is C26H19BrF3N7O3. The van der Waals surface area contributed by atoms with Gasteiger partial charge in [0.1, 0.15) is 11.6 Å². The van der Waals surface area contributed by atoms with Crippen LogP contribution >= 0.6 is 15.9 Å². The number of para-hydroxylation sites is 1. The standard InChI is InChI=1S/C24H18BrN7O.C2HF3O2/c25-20-15-27-24(30-17-8-6-16(7-9-17)21-12-13-28-32-21)31-23(20)29-18-10-11-22(26-14-18)33-19-4-2-1-3-5-19;3-2(4,5)1(6)7/h1-15H,(H,28,32)(H2,27,29,30,31);(H,6,7). The first kappa shape index (κ1) is 28.0. The van der Waals surface area contributed by atoms with Gasteiger partial charge in [-0.3, -0.25) is 5.10 Å². The van der Waals surface area contributed by atoms with Crippen molar-refractivity contribution in [2.75, 3.05) is 10.6 Å². The van der Waals surface area contributed by atoms with E-state index in [-0.39, 0.29) is 0 Å². The SMILES string of the molecule is Brc1cnc(Nc2ccc(-c3ccn[nH]3)cc2)nc1Nc1ccc(Oc2ccccc2)nc1.O=C(O)C(F)(F)F. The molecule has 40 heavy (non-hydrogen) atoms. The van der Waals surface area contributed by atoms with Crippen molar-refractivity contribution in [3.8, 4) is 22.9 Å². The Morgan fingerprint density at radius 2 is 1.60 bits per heavy atom. The van der Waals surface area contributed by atoms with Crippen LogP contribution in [0.25, 0.3) is 11.3 Å². The topological polar surface area (TPSA) is 138 Å². The molecule has 0 fully saturated rings. The number of aromatic nitrogens is 5. The summed E-state index contributed by atoms with van der Waals surface area (Å²) in [5.41, 5.74) is 3.64. The summed E-state index contributed by atoms with van der Waals surface area (Å²) in [6, 6.07) is 23.0. The molecule has 2 aromatic carbocycles. The molecule has 0 unspecified atom stereocenters. The number of alkyl halides is 3. The lowest BCUT2D eigenvalue weighted by atomic mass is 10.1. The molecule has 0 atom stereocenters. The molecule has 0 saturated carbocycles. The maximum Gasteiger partial charge on any atom is 0.490 e. The van der Waals surface area contributed by atoms with E-state index >= 15 is 0 Å². The Morgan fingerprint density at radius 3 is 2.20 bits per heavy atom. The number of rotatable bonds is 7. The van der Waals surface area contributed by atoms with E-state index in [0.717, 1.165) is 32.9 Å². The van der Waals surface area contributed by atoms with Crippen LogP contribution in [0.2, 0.25) is 0 Å². The Bertz CT molecular complexity index is 1540. The third-order valence-corrected chi connectivity index (χ3v) is 5.48. The van der Waals surface area contributed by atoms with E-state index in [9.17, 15) is 13.2 Å². The number of ether oxygens (including phenoxy) is 1. The number of aliphatic carboxylic acids is 1. The van der Waals surface area contributed by atoms with E-state index in [4.69, 9.17) is 14.6 Å². The molecule has 5 aromatic rings. The number of carboxylic acids is 1. The van der Waals surface area contributed by atoms with Gasteiger partial charge in [-0.2, -0.15) is 23.3 Å². The first-order chi connectivity index (χ1) is 19.2. The van der Waals surface area contributed by atoms with Crippen LogP contribution in [0.15, 0.2) is 95.9 Å². The second-order valence-corrected chi connectivity index (χ2v) is 8.65. The lowest BCUT2D eigenvalue weighted by Crippen LogP contribution is -2.21. The fourth-order valence-electron chi connectivity index (χ4n) is 3.05. The van der Waals surface area contributed by atoms with Gasteiger partial charge in [0.2, 0.25) is 11.8 Å². The van der Waals surface area contributed by atoms with Crippen LogP contribution in [0.4, 0.5) is 36.3 Å². The first-order valence-corrected chi connectivity index (χ1v) is 12.1. The Balaban J connectivity index is 0.000000470. The quantitative estimate of drug-likeness (QED) is 0.154. The number of carboxylic acid groups (broad SMARTS) is 1. The number of H-pyrrole nitrogens is 1. The molecule has 0 aliphatic carbocycles. The maximum absolute atomic E-state index is 10.6. The number of pyridine rings is 1. The normalized spacial score (nSPS) is 10.7. The minimum Gasteiger partial charge on any atom is -0.475 e. The van der Waals surface area contributed by atoms with Crippen molar-refractivity contribution >= 4 is 45.0 Å². The van der Waals surface area contributed by atoms with Gasteiger partial charge in [-0.05, 0) is 57.9 Å². The summed E-state index contributed by atoms with van der Waals surface area (Å²) in [6.45, 7) is 0. The lowest BCUT2D eigenvalue weighted by Gasteiger charge is -2.11. The number of nitrogens with zero attached hydrogens (tertiary/aromatic N) is 4. The fourth-order valence-corrected chi connectivity index (χ4v) is 3.34. The van der Waals surface area contributed by atoms with Crippen LogP contribution < -0.4 is 15.4 Å². The number of hydrogen-bond acceptors (Lipinski definition) is 8. The molecule has 10 nitrogen and oxygen atoms in total. The van der Waals surface area contributed by atoms with Crippen LogP contribution in [0, 0.1) is 0 Å². The number of halogens is 4. The van der Waals surface area contributed by atoms with Gasteiger partial charge in [-0.15, -0.1) is 0 Å². The summed E-state index contributed by atoms with van der Waals surface area (Å²) in [6.07, 6.45) is 0.0239. The molecule has 4 N–H and O–H groups in total. The van der Waals surface area contributed by atoms with Gasteiger partial charge in [-0.25, -0.2) is 14.8 Å². The lowest BCUT2D eigenvalue weighted by molar-refractivity contribution is -0.192. The van der Waals surface area contributed by atoms with Gasteiger partial charge in [0.15, 0.2) is 0 Å². The van der Waals surface area contributed by atoms with Crippen molar-refractivity contribution in [2.45, 2.75) is 6.18 Å². The van der Waals surface area contributed by atoms with E-state index in [2.05, 4.69) is 51.7 Å². The third kappa shape index (κ3) is 8.01. The van der Waals surface area contributed by atoms with E-state index in [1.807, 2.05) is 66.7 Å². The van der Waals surface area contributed by atoms with Gasteiger partial charge in [0, 0.05) is 24.1 Å². The second-order valence-electron chi connectivity index (χ2n) is 7.79. The van der Waals surface area contributed by atoms with Crippen LogP contribution in [0.5, 0.6) is 11.6 Å². The summed E-state index contributed by atoms with van der Waals surface area (Å²) in [7, 11) is 0. The summed E-state index contributed by atoms with van der Waals surface area (Å²) in [4.78, 5) is 22.2.